The fourth-order valence-electron chi connectivity index (χ4n) is 0.714. The van der Waals surface area contributed by atoms with E-state index in [2.05, 4.69) is 0 Å². The molecule has 18 heavy (non-hydrogen) atoms. The maximum atomic E-state index is 10.3. The number of hydrogen-bond acceptors (Lipinski definition) is 6. The minimum absolute atomic E-state index is 0.167. The van der Waals surface area contributed by atoms with Crippen molar-refractivity contribution in [1.29, 1.82) is 0 Å². The van der Waals surface area contributed by atoms with Crippen LogP contribution in [0.5, 0.6) is 0 Å². The molecule has 0 atom stereocenters. The summed E-state index contributed by atoms with van der Waals surface area (Å²) in [4.78, 5) is 48.4. The second-order valence-electron chi connectivity index (χ2n) is 2.93. The predicted molar refractivity (Wildman–Crippen MR) is 50.8 cm³/mol. The Kier molecular flexibility index (Phi) is 7.68. The van der Waals surface area contributed by atoms with Gasteiger partial charge in [-0.05, 0) is 0 Å². The number of aliphatic hydroxyl groups is 1. The molecule has 0 aromatic rings. The van der Waals surface area contributed by atoms with Gasteiger partial charge in [-0.1, -0.05) is 0 Å². The Hall–Kier alpha value is -2.49. The van der Waals surface area contributed by atoms with E-state index in [-0.39, 0.29) is 6.29 Å². The van der Waals surface area contributed by atoms with Crippen molar-refractivity contribution >= 4 is 30.2 Å². The summed E-state index contributed by atoms with van der Waals surface area (Å²) in [5.41, 5.74) is -2.74. The van der Waals surface area contributed by atoms with Gasteiger partial charge in [0.15, 0.2) is 5.60 Å². The highest BCUT2D eigenvalue weighted by atomic mass is 16.4. The first-order chi connectivity index (χ1) is 8.05. The Morgan fingerprint density at radius 2 is 1.17 bits per heavy atom. The Morgan fingerprint density at radius 1 is 0.889 bits per heavy atom. The number of aliphatic carboxylic acids is 4. The van der Waals surface area contributed by atoms with E-state index in [0.29, 0.717) is 0 Å². The van der Waals surface area contributed by atoms with Crippen LogP contribution in [0.25, 0.3) is 0 Å². The zero-order valence-electron chi connectivity index (χ0n) is 8.77. The quantitative estimate of drug-likeness (QED) is 0.266. The molecule has 0 fully saturated rings. The van der Waals surface area contributed by atoms with Crippen LogP contribution in [0.15, 0.2) is 0 Å². The first-order valence-corrected chi connectivity index (χ1v) is 4.12. The van der Waals surface area contributed by atoms with Gasteiger partial charge in [-0.25, -0.2) is 9.59 Å². The number of carbonyl (C=O) groups excluding carboxylic acids is 1. The van der Waals surface area contributed by atoms with E-state index in [9.17, 15) is 14.4 Å². The number of carboxylic acids is 4. The van der Waals surface area contributed by atoms with Crippen LogP contribution >= 0.6 is 0 Å². The van der Waals surface area contributed by atoms with Gasteiger partial charge in [0.25, 0.3) is 0 Å². The lowest BCUT2D eigenvalue weighted by atomic mass is 9.96. The summed E-state index contributed by atoms with van der Waals surface area (Å²) in [6, 6.07) is 0. The minimum Gasteiger partial charge on any atom is -0.481 e. The van der Waals surface area contributed by atoms with Crippen molar-refractivity contribution in [1.82, 2.24) is 0 Å². The fourth-order valence-corrected chi connectivity index (χ4v) is 0.714. The summed E-state index contributed by atoms with van der Waals surface area (Å²) >= 11 is 0. The summed E-state index contributed by atoms with van der Waals surface area (Å²) in [6.07, 6.45) is -2.46. The van der Waals surface area contributed by atoms with Gasteiger partial charge in [0, 0.05) is 0 Å². The summed E-state index contributed by atoms with van der Waals surface area (Å²) in [5, 5.41) is 41.2. The van der Waals surface area contributed by atoms with Gasteiger partial charge in [-0.15, -0.1) is 0 Å². The average molecular weight is 266 g/mol. The van der Waals surface area contributed by atoms with Crippen molar-refractivity contribution in [2.24, 2.45) is 0 Å². The molecule has 0 aliphatic carbocycles. The Labute approximate surface area is 99.1 Å². The molecule has 0 aliphatic rings. The third-order valence-electron chi connectivity index (χ3n) is 1.39. The molecule has 0 unspecified atom stereocenters. The largest absolute Gasteiger partial charge is 0.481 e. The van der Waals surface area contributed by atoms with Crippen molar-refractivity contribution in [2.75, 3.05) is 0 Å². The van der Waals surface area contributed by atoms with Crippen LogP contribution < -0.4 is 0 Å². The maximum absolute atomic E-state index is 10.3. The zero-order valence-corrected chi connectivity index (χ0v) is 8.77. The molecule has 0 saturated heterocycles. The van der Waals surface area contributed by atoms with E-state index < -0.39 is 42.3 Å². The van der Waals surface area contributed by atoms with E-state index in [1.807, 2.05) is 0 Å². The molecule has 0 aliphatic heterocycles. The molecule has 10 nitrogen and oxygen atoms in total. The third kappa shape index (κ3) is 8.79. The Bertz CT molecular complexity index is 341. The lowest BCUT2D eigenvalue weighted by Gasteiger charge is -2.18. The lowest BCUT2D eigenvalue weighted by Crippen LogP contribution is -2.42. The Balaban J connectivity index is 0. The van der Waals surface area contributed by atoms with Gasteiger partial charge >= 0.3 is 23.9 Å². The van der Waals surface area contributed by atoms with E-state index in [4.69, 9.17) is 35.1 Å². The SMILES string of the molecule is O=C(O)CC(O)(CC(=O)O)C(=O)O.O=CC(=O)O. The summed E-state index contributed by atoms with van der Waals surface area (Å²) in [7, 11) is 0. The molecule has 0 heterocycles. The van der Waals surface area contributed by atoms with Crippen molar-refractivity contribution in [3.8, 4) is 0 Å². The maximum Gasteiger partial charge on any atom is 0.368 e. The van der Waals surface area contributed by atoms with Gasteiger partial charge in [0.05, 0.1) is 12.8 Å². The first kappa shape index (κ1) is 17.9. The fraction of sp³-hybridized carbons (Fsp3) is 0.375. The minimum atomic E-state index is -2.74. The average Bonchev–Trinajstić information content (AvgIpc) is 2.15. The summed E-state index contributed by atoms with van der Waals surface area (Å²) in [5.74, 6) is -6.44. The van der Waals surface area contributed by atoms with Crippen LogP contribution in [0.4, 0.5) is 0 Å². The van der Waals surface area contributed by atoms with Crippen molar-refractivity contribution < 1.29 is 49.5 Å². The van der Waals surface area contributed by atoms with E-state index in [0.717, 1.165) is 0 Å². The molecule has 0 bridgehead atoms. The molecule has 10 heteroatoms. The number of carboxylic acid groups (broad SMARTS) is 4. The van der Waals surface area contributed by atoms with Crippen LogP contribution in [-0.4, -0.2) is 61.3 Å². The van der Waals surface area contributed by atoms with Crippen LogP contribution in [0.1, 0.15) is 12.8 Å². The van der Waals surface area contributed by atoms with Gasteiger partial charge < -0.3 is 25.5 Å². The standard InChI is InChI=1S/C6H8O7.C2H2O3/c7-3(8)1-6(13,5(11)12)2-4(9)10;3-1-2(4)5/h13H,1-2H2,(H,7,8)(H,9,10)(H,11,12);1H,(H,4,5). The van der Waals surface area contributed by atoms with Gasteiger partial charge in [0.1, 0.15) is 0 Å². The molecule has 102 valence electrons. The third-order valence-corrected chi connectivity index (χ3v) is 1.39. The van der Waals surface area contributed by atoms with E-state index in [1.54, 1.807) is 0 Å². The normalized spacial score (nSPS) is 9.61. The first-order valence-electron chi connectivity index (χ1n) is 4.12. The van der Waals surface area contributed by atoms with E-state index >= 15 is 0 Å². The zero-order chi connectivity index (χ0) is 14.9. The van der Waals surface area contributed by atoms with Crippen molar-refractivity contribution in [2.45, 2.75) is 18.4 Å². The highest BCUT2D eigenvalue weighted by molar-refractivity contribution is 6.19. The second kappa shape index (κ2) is 7.73. The monoisotopic (exact) mass is 266 g/mol. The molecule has 5 N–H and O–H groups in total. The van der Waals surface area contributed by atoms with Gasteiger partial charge in [-0.3, -0.25) is 14.4 Å². The number of hydrogen-bond donors (Lipinski definition) is 5. The highest BCUT2D eigenvalue weighted by Crippen LogP contribution is 2.15. The van der Waals surface area contributed by atoms with Crippen molar-refractivity contribution in [3.63, 3.8) is 0 Å². The lowest BCUT2D eigenvalue weighted by molar-refractivity contribution is -0.170. The second-order valence-corrected chi connectivity index (χ2v) is 2.93. The van der Waals surface area contributed by atoms with Gasteiger partial charge in [-0.2, -0.15) is 0 Å². The molecule has 0 spiro atoms. The molecule has 0 radical (unpaired) electrons. The topological polar surface area (TPSA) is 186 Å². The smallest absolute Gasteiger partial charge is 0.368 e. The number of carbonyl (C=O) groups is 5. The van der Waals surface area contributed by atoms with Crippen LogP contribution in [0, 0.1) is 0 Å². The summed E-state index contributed by atoms with van der Waals surface area (Å²) in [6.45, 7) is 0. The number of rotatable bonds is 6. The predicted octanol–water partition coefficient (Wildman–Crippen LogP) is -1.98. The molecular weight excluding hydrogens is 256 g/mol. The van der Waals surface area contributed by atoms with Crippen LogP contribution in [0.3, 0.4) is 0 Å². The Morgan fingerprint density at radius 3 is 1.28 bits per heavy atom. The van der Waals surface area contributed by atoms with Crippen molar-refractivity contribution in [3.05, 3.63) is 0 Å². The highest BCUT2D eigenvalue weighted by Gasteiger charge is 2.40. The van der Waals surface area contributed by atoms with Crippen LogP contribution in [0.2, 0.25) is 0 Å². The number of aldehydes is 1. The molecule has 0 aromatic carbocycles. The van der Waals surface area contributed by atoms with E-state index in [1.165, 1.54) is 0 Å². The van der Waals surface area contributed by atoms with Crippen LogP contribution in [-0.2, 0) is 24.0 Å². The molecular formula is C8H10O10. The molecule has 0 amide bonds. The molecule has 0 aromatic heterocycles. The van der Waals surface area contributed by atoms with Gasteiger partial charge in [0.2, 0.25) is 6.29 Å². The summed E-state index contributed by atoms with van der Waals surface area (Å²) < 4.78 is 0. The molecule has 0 saturated carbocycles. The molecule has 0 rings (SSSR count).